The zero-order valence-corrected chi connectivity index (χ0v) is 17.0. The van der Waals surface area contributed by atoms with Gasteiger partial charge in [0.05, 0.1) is 24.5 Å². The fourth-order valence-corrected chi connectivity index (χ4v) is 4.79. The van der Waals surface area contributed by atoms with Gasteiger partial charge >= 0.3 is 0 Å². The van der Waals surface area contributed by atoms with Crippen LogP contribution in [-0.2, 0) is 18.6 Å². The van der Waals surface area contributed by atoms with Crippen LogP contribution in [0.25, 0.3) is 11.3 Å². The number of hydrogen-bond acceptors (Lipinski definition) is 4. The molecule has 1 fully saturated rings. The summed E-state index contributed by atoms with van der Waals surface area (Å²) in [6.07, 6.45) is 4.24. The van der Waals surface area contributed by atoms with Crippen molar-refractivity contribution in [1.29, 1.82) is 0 Å². The summed E-state index contributed by atoms with van der Waals surface area (Å²) < 4.78 is 7.71. The minimum Gasteiger partial charge on any atom is -0.497 e. The molecule has 0 bridgehead atoms. The number of nitrogens with zero attached hydrogens (tertiary/aromatic N) is 3. The van der Waals surface area contributed by atoms with Crippen LogP contribution in [0.4, 0.5) is 0 Å². The lowest BCUT2D eigenvalue weighted by Gasteiger charge is -2.44. The van der Waals surface area contributed by atoms with E-state index in [0.717, 1.165) is 51.3 Å². The van der Waals surface area contributed by atoms with E-state index in [4.69, 9.17) is 9.72 Å². The van der Waals surface area contributed by atoms with E-state index < -0.39 is 0 Å². The Balaban J connectivity index is 1.32. The number of benzene rings is 2. The van der Waals surface area contributed by atoms with Gasteiger partial charge in [-0.05, 0) is 36.1 Å². The van der Waals surface area contributed by atoms with Crippen molar-refractivity contribution in [2.45, 2.75) is 31.5 Å². The topological polar surface area (TPSA) is 42.3 Å². The summed E-state index contributed by atoms with van der Waals surface area (Å²) >= 11 is 0. The first kappa shape index (κ1) is 18.4. The molecule has 2 aromatic carbocycles. The quantitative estimate of drug-likeness (QED) is 0.741. The molecule has 0 atom stereocenters. The van der Waals surface area contributed by atoms with Gasteiger partial charge in [-0.2, -0.15) is 0 Å². The summed E-state index contributed by atoms with van der Waals surface area (Å²) in [5.41, 5.74) is 3.83. The number of piperidine rings is 1. The SMILES string of the molecule is COc1ccc(CN2CCC3(CC2)NCCn2c(-c4ccccc4)cnc23)cc1. The van der Waals surface area contributed by atoms with Crippen LogP contribution in [0.3, 0.4) is 0 Å². The Morgan fingerprint density at radius 3 is 2.48 bits per heavy atom. The van der Waals surface area contributed by atoms with E-state index >= 15 is 0 Å². The van der Waals surface area contributed by atoms with E-state index in [9.17, 15) is 0 Å². The highest BCUT2D eigenvalue weighted by Gasteiger charge is 2.41. The molecule has 1 N–H and O–H groups in total. The molecule has 0 radical (unpaired) electrons. The van der Waals surface area contributed by atoms with Crippen molar-refractivity contribution < 1.29 is 4.74 Å². The molecule has 0 aliphatic carbocycles. The molecule has 2 aliphatic heterocycles. The molecule has 0 unspecified atom stereocenters. The molecule has 0 saturated carbocycles. The number of likely N-dealkylation sites (tertiary alicyclic amines) is 1. The lowest BCUT2D eigenvalue weighted by atomic mass is 9.85. The van der Waals surface area contributed by atoms with Crippen LogP contribution in [0, 0.1) is 0 Å². The van der Waals surface area contributed by atoms with Gasteiger partial charge in [0.2, 0.25) is 0 Å². The van der Waals surface area contributed by atoms with Crippen molar-refractivity contribution in [3.8, 4) is 17.0 Å². The molecule has 1 aromatic heterocycles. The standard InChI is InChI=1S/C24H28N4O/c1-29-21-9-7-19(8-10-21)18-27-14-11-24(12-15-27)23-25-17-22(28(23)16-13-26-24)20-5-3-2-4-6-20/h2-10,17,26H,11-16,18H2,1H3. The van der Waals surface area contributed by atoms with Crippen LogP contribution >= 0.6 is 0 Å². The highest BCUT2D eigenvalue weighted by atomic mass is 16.5. The van der Waals surface area contributed by atoms with Gasteiger partial charge in [0, 0.05) is 32.7 Å². The van der Waals surface area contributed by atoms with Crippen LogP contribution in [0.1, 0.15) is 24.2 Å². The molecule has 5 rings (SSSR count). The second-order valence-electron chi connectivity index (χ2n) is 8.12. The van der Waals surface area contributed by atoms with Gasteiger partial charge in [-0.15, -0.1) is 0 Å². The molecule has 5 heteroatoms. The molecule has 2 aliphatic rings. The van der Waals surface area contributed by atoms with Gasteiger partial charge in [-0.3, -0.25) is 4.90 Å². The average Bonchev–Trinajstić information content (AvgIpc) is 3.22. The zero-order valence-electron chi connectivity index (χ0n) is 17.0. The van der Waals surface area contributed by atoms with Crippen LogP contribution in [0.15, 0.2) is 60.8 Å². The third kappa shape index (κ3) is 3.45. The fourth-order valence-electron chi connectivity index (χ4n) is 4.79. The predicted molar refractivity (Wildman–Crippen MR) is 115 cm³/mol. The van der Waals surface area contributed by atoms with Gasteiger partial charge in [0.25, 0.3) is 0 Å². The third-order valence-corrected chi connectivity index (χ3v) is 6.43. The maximum atomic E-state index is 5.27. The Morgan fingerprint density at radius 2 is 1.76 bits per heavy atom. The number of fused-ring (bicyclic) bond motifs is 2. The Bertz CT molecular complexity index is 956. The number of methoxy groups -OCH3 is 1. The summed E-state index contributed by atoms with van der Waals surface area (Å²) in [7, 11) is 1.71. The Hall–Kier alpha value is -2.63. The first-order chi connectivity index (χ1) is 14.3. The monoisotopic (exact) mass is 388 g/mol. The molecule has 150 valence electrons. The second kappa shape index (κ2) is 7.65. The van der Waals surface area contributed by atoms with Crippen LogP contribution < -0.4 is 10.1 Å². The normalized spacial score (nSPS) is 18.5. The van der Waals surface area contributed by atoms with E-state index in [2.05, 4.69) is 63.4 Å². The predicted octanol–water partition coefficient (Wildman–Crippen LogP) is 3.65. The van der Waals surface area contributed by atoms with E-state index in [1.165, 1.54) is 22.6 Å². The lowest BCUT2D eigenvalue weighted by molar-refractivity contribution is 0.109. The molecular weight excluding hydrogens is 360 g/mol. The minimum atomic E-state index is 0.00168. The van der Waals surface area contributed by atoms with E-state index in [-0.39, 0.29) is 5.54 Å². The number of ether oxygens (including phenoxy) is 1. The van der Waals surface area contributed by atoms with Gasteiger partial charge in [-0.25, -0.2) is 4.98 Å². The maximum Gasteiger partial charge on any atom is 0.129 e. The number of nitrogens with one attached hydrogen (secondary N) is 1. The molecule has 1 spiro atoms. The minimum absolute atomic E-state index is 0.00168. The Kier molecular flexibility index (Phi) is 4.86. The van der Waals surface area contributed by atoms with Crippen molar-refractivity contribution in [2.24, 2.45) is 0 Å². The zero-order chi connectivity index (χ0) is 19.7. The van der Waals surface area contributed by atoms with E-state index in [0.29, 0.717) is 0 Å². The number of rotatable bonds is 4. The molecule has 3 heterocycles. The van der Waals surface area contributed by atoms with Crippen molar-refractivity contribution in [1.82, 2.24) is 19.8 Å². The molecule has 5 nitrogen and oxygen atoms in total. The van der Waals surface area contributed by atoms with Crippen molar-refractivity contribution >= 4 is 0 Å². The van der Waals surface area contributed by atoms with Gasteiger partial charge < -0.3 is 14.6 Å². The van der Waals surface area contributed by atoms with E-state index in [1.807, 2.05) is 12.1 Å². The average molecular weight is 389 g/mol. The van der Waals surface area contributed by atoms with Crippen LogP contribution in [-0.4, -0.2) is 41.2 Å². The Morgan fingerprint density at radius 1 is 1.00 bits per heavy atom. The van der Waals surface area contributed by atoms with Crippen molar-refractivity contribution in [3.63, 3.8) is 0 Å². The fraction of sp³-hybridized carbons (Fsp3) is 0.375. The van der Waals surface area contributed by atoms with E-state index in [1.54, 1.807) is 7.11 Å². The van der Waals surface area contributed by atoms with Gasteiger partial charge in [0.1, 0.15) is 11.6 Å². The summed E-state index contributed by atoms with van der Waals surface area (Å²) in [4.78, 5) is 7.46. The highest BCUT2D eigenvalue weighted by Crippen LogP contribution is 2.37. The van der Waals surface area contributed by atoms with Gasteiger partial charge in [0.15, 0.2) is 0 Å². The lowest BCUT2D eigenvalue weighted by Crippen LogP contribution is -2.55. The molecule has 3 aromatic rings. The molecule has 1 saturated heterocycles. The summed E-state index contributed by atoms with van der Waals surface area (Å²) in [5, 5.41) is 3.83. The first-order valence-corrected chi connectivity index (χ1v) is 10.5. The molecule has 0 amide bonds. The number of aromatic nitrogens is 2. The summed E-state index contributed by atoms with van der Waals surface area (Å²) in [6.45, 7) is 5.13. The smallest absolute Gasteiger partial charge is 0.129 e. The number of imidazole rings is 1. The first-order valence-electron chi connectivity index (χ1n) is 10.5. The van der Waals surface area contributed by atoms with Crippen LogP contribution in [0.2, 0.25) is 0 Å². The summed E-state index contributed by atoms with van der Waals surface area (Å²) in [6, 6.07) is 19.1. The molecular formula is C24H28N4O. The van der Waals surface area contributed by atoms with Crippen LogP contribution in [0.5, 0.6) is 5.75 Å². The largest absolute Gasteiger partial charge is 0.497 e. The van der Waals surface area contributed by atoms with Crippen molar-refractivity contribution in [2.75, 3.05) is 26.7 Å². The second-order valence-corrected chi connectivity index (χ2v) is 8.12. The maximum absolute atomic E-state index is 5.27. The summed E-state index contributed by atoms with van der Waals surface area (Å²) in [5.74, 6) is 2.13. The Labute approximate surface area is 172 Å². The highest BCUT2D eigenvalue weighted by molar-refractivity contribution is 5.59. The van der Waals surface area contributed by atoms with Gasteiger partial charge in [-0.1, -0.05) is 42.5 Å². The van der Waals surface area contributed by atoms with Crippen molar-refractivity contribution in [3.05, 3.63) is 72.2 Å². The molecule has 29 heavy (non-hydrogen) atoms. The number of hydrogen-bond donors (Lipinski definition) is 1. The third-order valence-electron chi connectivity index (χ3n) is 6.43.